The van der Waals surface area contributed by atoms with Gasteiger partial charge in [-0.15, -0.1) is 11.3 Å². The molecule has 1 aromatic carbocycles. The fourth-order valence-electron chi connectivity index (χ4n) is 3.28. The highest BCUT2D eigenvalue weighted by molar-refractivity contribution is 7.17. The van der Waals surface area contributed by atoms with E-state index < -0.39 is 0 Å². The molecule has 0 aliphatic heterocycles. The number of methoxy groups -OCH3 is 1. The number of hydrogen-bond donors (Lipinski definition) is 0. The summed E-state index contributed by atoms with van der Waals surface area (Å²) >= 11 is 1.65. The molecule has 0 aliphatic rings. The Balaban J connectivity index is 1.65. The molecule has 0 fully saturated rings. The fourth-order valence-corrected chi connectivity index (χ4v) is 4.13. The Morgan fingerprint density at radius 1 is 1.07 bits per heavy atom. The molecule has 3 aromatic heterocycles. The number of thiophene rings is 1. The predicted molar refractivity (Wildman–Crippen MR) is 112 cm³/mol. The van der Waals surface area contributed by atoms with Crippen molar-refractivity contribution in [3.63, 3.8) is 0 Å². The molecule has 0 N–H and O–H groups in total. The van der Waals surface area contributed by atoms with Crippen LogP contribution in [0.5, 0.6) is 5.75 Å². The molecule has 0 saturated heterocycles. The zero-order valence-corrected chi connectivity index (χ0v) is 16.6. The highest BCUT2D eigenvalue weighted by Crippen LogP contribution is 2.26. The maximum atomic E-state index is 13.4. The Morgan fingerprint density at radius 2 is 1.75 bits per heavy atom. The number of carbonyl (C=O) groups excluding carboxylic acids is 1. The zero-order chi connectivity index (χ0) is 19.5. The van der Waals surface area contributed by atoms with Gasteiger partial charge in [0, 0.05) is 32.5 Å². The van der Waals surface area contributed by atoms with Crippen LogP contribution >= 0.6 is 11.3 Å². The molecule has 0 atom stereocenters. The smallest absolute Gasteiger partial charge is 0.271 e. The van der Waals surface area contributed by atoms with E-state index in [1.807, 2.05) is 70.4 Å². The summed E-state index contributed by atoms with van der Waals surface area (Å²) in [5.41, 5.74) is 3.89. The molecule has 5 nitrogen and oxygen atoms in total. The predicted octanol–water partition coefficient (Wildman–Crippen LogP) is 4.49. The summed E-state index contributed by atoms with van der Waals surface area (Å²) in [4.78, 5) is 19.4. The molecule has 4 rings (SSSR count). The van der Waals surface area contributed by atoms with Crippen LogP contribution in [0.25, 0.3) is 10.2 Å². The number of carbonyl (C=O) groups is 1. The van der Waals surface area contributed by atoms with Gasteiger partial charge in [0.25, 0.3) is 5.91 Å². The maximum Gasteiger partial charge on any atom is 0.271 e. The second-order valence-electron chi connectivity index (χ2n) is 6.62. The summed E-state index contributed by atoms with van der Waals surface area (Å²) in [6.45, 7) is 1.04. The molecule has 28 heavy (non-hydrogen) atoms. The lowest BCUT2D eigenvalue weighted by Gasteiger charge is -2.23. The molecule has 3 heterocycles. The lowest BCUT2D eigenvalue weighted by atomic mass is 10.1. The highest BCUT2D eigenvalue weighted by Gasteiger charge is 2.21. The Morgan fingerprint density at radius 3 is 2.39 bits per heavy atom. The highest BCUT2D eigenvalue weighted by atomic mass is 32.1. The largest absolute Gasteiger partial charge is 0.497 e. The van der Waals surface area contributed by atoms with Crippen LogP contribution in [0.3, 0.4) is 0 Å². The first-order valence-corrected chi connectivity index (χ1v) is 9.87. The van der Waals surface area contributed by atoms with E-state index in [2.05, 4.69) is 4.98 Å². The number of aromatic nitrogens is 2. The third kappa shape index (κ3) is 3.64. The first-order chi connectivity index (χ1) is 13.7. The molecule has 0 aliphatic carbocycles. The fraction of sp³-hybridized carbons (Fsp3) is 0.182. The lowest BCUT2D eigenvalue weighted by molar-refractivity contribution is 0.0720. The molecule has 1 amide bonds. The molecule has 0 saturated carbocycles. The van der Waals surface area contributed by atoms with Crippen LogP contribution in [0.15, 0.2) is 66.3 Å². The van der Waals surface area contributed by atoms with E-state index in [1.165, 1.54) is 0 Å². The van der Waals surface area contributed by atoms with Gasteiger partial charge in [-0.05, 0) is 52.9 Å². The monoisotopic (exact) mass is 391 g/mol. The summed E-state index contributed by atoms with van der Waals surface area (Å²) in [5, 5.41) is 2.05. The van der Waals surface area contributed by atoms with Crippen LogP contribution in [0.2, 0.25) is 0 Å². The number of benzene rings is 1. The van der Waals surface area contributed by atoms with Crippen LogP contribution in [0.4, 0.5) is 0 Å². The quantitative estimate of drug-likeness (QED) is 0.487. The van der Waals surface area contributed by atoms with Crippen molar-refractivity contribution in [2.45, 2.75) is 13.1 Å². The standard InChI is InChI=1S/C22H21N3O2S/c1-24-19-9-12-28-21(19)13-20(24)22(26)25(15-17-7-10-23-11-8-17)14-16-3-5-18(27-2)6-4-16/h3-13H,14-15H2,1-2H3. The Kier molecular flexibility index (Phi) is 5.12. The van der Waals surface area contributed by atoms with Crippen molar-refractivity contribution in [1.82, 2.24) is 14.5 Å². The van der Waals surface area contributed by atoms with E-state index in [1.54, 1.807) is 30.8 Å². The van der Waals surface area contributed by atoms with Crippen molar-refractivity contribution in [1.29, 1.82) is 0 Å². The van der Waals surface area contributed by atoms with E-state index in [-0.39, 0.29) is 5.91 Å². The van der Waals surface area contributed by atoms with Gasteiger partial charge in [0.05, 0.1) is 17.3 Å². The van der Waals surface area contributed by atoms with Gasteiger partial charge in [-0.1, -0.05) is 12.1 Å². The lowest BCUT2D eigenvalue weighted by Crippen LogP contribution is -2.31. The molecule has 0 bridgehead atoms. The van der Waals surface area contributed by atoms with Gasteiger partial charge in [-0.2, -0.15) is 0 Å². The molecule has 0 spiro atoms. The summed E-state index contributed by atoms with van der Waals surface area (Å²) in [6.07, 6.45) is 3.51. The van der Waals surface area contributed by atoms with Gasteiger partial charge in [-0.25, -0.2) is 0 Å². The topological polar surface area (TPSA) is 47.4 Å². The molecule has 4 aromatic rings. The third-order valence-corrected chi connectivity index (χ3v) is 5.68. The van der Waals surface area contributed by atoms with Gasteiger partial charge in [0.1, 0.15) is 11.4 Å². The van der Waals surface area contributed by atoms with Gasteiger partial charge >= 0.3 is 0 Å². The first kappa shape index (κ1) is 18.3. The van der Waals surface area contributed by atoms with Crippen molar-refractivity contribution < 1.29 is 9.53 Å². The van der Waals surface area contributed by atoms with Crippen molar-refractivity contribution in [3.8, 4) is 5.75 Å². The van der Waals surface area contributed by atoms with Gasteiger partial charge < -0.3 is 14.2 Å². The van der Waals surface area contributed by atoms with Crippen molar-refractivity contribution in [3.05, 3.63) is 83.1 Å². The minimum Gasteiger partial charge on any atom is -0.497 e. The van der Waals surface area contributed by atoms with E-state index in [0.29, 0.717) is 18.8 Å². The number of aryl methyl sites for hydroxylation is 1. The molecule has 0 unspecified atom stereocenters. The Hall–Kier alpha value is -3.12. The van der Waals surface area contributed by atoms with Crippen LogP contribution in [0.1, 0.15) is 21.6 Å². The van der Waals surface area contributed by atoms with E-state index in [4.69, 9.17) is 4.74 Å². The van der Waals surface area contributed by atoms with Crippen molar-refractivity contribution in [2.75, 3.05) is 7.11 Å². The number of ether oxygens (including phenoxy) is 1. The number of fused-ring (bicyclic) bond motifs is 1. The van der Waals surface area contributed by atoms with E-state index in [0.717, 1.165) is 27.1 Å². The second kappa shape index (κ2) is 7.86. The van der Waals surface area contributed by atoms with Gasteiger partial charge in [0.2, 0.25) is 0 Å². The molecular weight excluding hydrogens is 370 g/mol. The molecule has 0 radical (unpaired) electrons. The molecule has 142 valence electrons. The third-order valence-electron chi connectivity index (χ3n) is 4.83. The minimum atomic E-state index is 0.0125. The average molecular weight is 391 g/mol. The van der Waals surface area contributed by atoms with Gasteiger partial charge in [-0.3, -0.25) is 9.78 Å². The number of hydrogen-bond acceptors (Lipinski definition) is 4. The van der Waals surface area contributed by atoms with Crippen LogP contribution < -0.4 is 4.74 Å². The Labute approximate surface area is 167 Å². The SMILES string of the molecule is COc1ccc(CN(Cc2ccncc2)C(=O)c2cc3sccc3n2C)cc1. The molecular formula is C22H21N3O2S. The summed E-state index contributed by atoms with van der Waals surface area (Å²) in [7, 11) is 3.59. The minimum absolute atomic E-state index is 0.0125. The number of rotatable bonds is 6. The van der Waals surface area contributed by atoms with Crippen molar-refractivity contribution in [2.24, 2.45) is 7.05 Å². The maximum absolute atomic E-state index is 13.4. The summed E-state index contributed by atoms with van der Waals surface area (Å²) < 4.78 is 8.34. The molecule has 6 heteroatoms. The summed E-state index contributed by atoms with van der Waals surface area (Å²) in [5.74, 6) is 0.817. The van der Waals surface area contributed by atoms with Gasteiger partial charge in [0.15, 0.2) is 0 Å². The number of pyridine rings is 1. The normalized spacial score (nSPS) is 10.9. The number of amides is 1. The van der Waals surface area contributed by atoms with E-state index in [9.17, 15) is 4.79 Å². The zero-order valence-electron chi connectivity index (χ0n) is 15.8. The summed E-state index contributed by atoms with van der Waals surface area (Å²) in [6, 6.07) is 15.7. The average Bonchev–Trinajstić information content (AvgIpc) is 3.31. The number of nitrogens with zero attached hydrogens (tertiary/aromatic N) is 3. The van der Waals surface area contributed by atoms with E-state index >= 15 is 0 Å². The first-order valence-electron chi connectivity index (χ1n) is 9.00. The van der Waals surface area contributed by atoms with Crippen LogP contribution in [-0.4, -0.2) is 27.5 Å². The van der Waals surface area contributed by atoms with Crippen LogP contribution in [0, 0.1) is 0 Å². The van der Waals surface area contributed by atoms with Crippen molar-refractivity contribution >= 4 is 27.5 Å². The Bertz CT molecular complexity index is 1080. The van der Waals surface area contributed by atoms with Crippen LogP contribution in [-0.2, 0) is 20.1 Å². The second-order valence-corrected chi connectivity index (χ2v) is 7.57.